The minimum Gasteiger partial charge on any atom is -0.454 e. The lowest BCUT2D eigenvalue weighted by atomic mass is 10.2. The Morgan fingerprint density at radius 3 is 2.81 bits per heavy atom. The summed E-state index contributed by atoms with van der Waals surface area (Å²) in [4.78, 5) is 25.8. The van der Waals surface area contributed by atoms with Crippen molar-refractivity contribution in [3.8, 4) is 22.1 Å². The monoisotopic (exact) mass is 392 g/mol. The average Bonchev–Trinajstić information content (AvgIpc) is 3.27. The van der Waals surface area contributed by atoms with Gasteiger partial charge >= 0.3 is 0 Å². The number of fused-ring (bicyclic) bond motifs is 1. The van der Waals surface area contributed by atoms with Crippen molar-refractivity contribution in [2.75, 3.05) is 32.4 Å². The van der Waals surface area contributed by atoms with E-state index in [4.69, 9.17) is 14.2 Å². The van der Waals surface area contributed by atoms with Crippen LogP contribution < -0.4 is 14.8 Å². The predicted octanol–water partition coefficient (Wildman–Crippen LogP) is 1.76. The minimum atomic E-state index is -0.346. The first-order valence-corrected chi connectivity index (χ1v) is 9.11. The third-order valence-corrected chi connectivity index (χ3v) is 4.70. The molecule has 0 saturated heterocycles. The van der Waals surface area contributed by atoms with Gasteiger partial charge in [-0.15, -0.1) is 10.2 Å². The molecule has 144 valence electrons. The van der Waals surface area contributed by atoms with Gasteiger partial charge in [0.1, 0.15) is 18.2 Å². The molecule has 1 N–H and O–H groups in total. The van der Waals surface area contributed by atoms with Crippen LogP contribution in [-0.4, -0.2) is 60.0 Å². The molecule has 3 rings (SSSR count). The molecule has 0 saturated carbocycles. The van der Waals surface area contributed by atoms with Crippen molar-refractivity contribution in [2.24, 2.45) is 0 Å². The van der Waals surface area contributed by atoms with Crippen LogP contribution in [0.3, 0.4) is 0 Å². The molecule has 0 fully saturated rings. The minimum absolute atomic E-state index is 0.0709. The normalized spacial score (nSPS) is 12.3. The Balaban J connectivity index is 1.64. The van der Waals surface area contributed by atoms with E-state index in [0.29, 0.717) is 21.6 Å². The van der Waals surface area contributed by atoms with E-state index in [2.05, 4.69) is 15.5 Å². The summed E-state index contributed by atoms with van der Waals surface area (Å²) in [6.07, 6.45) is 0. The summed E-state index contributed by atoms with van der Waals surface area (Å²) in [6.45, 7) is 3.72. The van der Waals surface area contributed by atoms with Crippen molar-refractivity contribution in [1.82, 2.24) is 15.1 Å². The lowest BCUT2D eigenvalue weighted by Gasteiger charge is -2.25. The Hall–Kier alpha value is -2.72. The van der Waals surface area contributed by atoms with Gasteiger partial charge in [-0.3, -0.25) is 14.9 Å². The van der Waals surface area contributed by atoms with Crippen molar-refractivity contribution >= 4 is 28.3 Å². The number of anilines is 1. The van der Waals surface area contributed by atoms with Crippen LogP contribution >= 0.6 is 11.3 Å². The molecule has 2 aromatic rings. The van der Waals surface area contributed by atoms with Crippen LogP contribution in [0.15, 0.2) is 18.2 Å². The molecule has 9 nitrogen and oxygen atoms in total. The quantitative estimate of drug-likeness (QED) is 0.766. The van der Waals surface area contributed by atoms with E-state index in [9.17, 15) is 9.59 Å². The first-order valence-electron chi connectivity index (χ1n) is 8.29. The fourth-order valence-electron chi connectivity index (χ4n) is 2.50. The van der Waals surface area contributed by atoms with Crippen molar-refractivity contribution in [2.45, 2.75) is 19.9 Å². The van der Waals surface area contributed by atoms with Crippen molar-refractivity contribution in [3.05, 3.63) is 18.2 Å². The lowest BCUT2D eigenvalue weighted by Crippen LogP contribution is -2.44. The second-order valence-electron chi connectivity index (χ2n) is 6.08. The SMILES string of the molecule is COCC(=O)N(CC(=O)Nc1nnc(-c2ccc3c(c2)OCO3)s1)C(C)C. The summed E-state index contributed by atoms with van der Waals surface area (Å²) in [5, 5.41) is 11.8. The largest absolute Gasteiger partial charge is 0.454 e. The molecule has 0 unspecified atom stereocenters. The number of carbonyl (C=O) groups is 2. The Labute approximate surface area is 160 Å². The Kier molecular flexibility index (Phi) is 5.87. The first-order chi connectivity index (χ1) is 13.0. The zero-order valence-corrected chi connectivity index (χ0v) is 16.0. The van der Waals surface area contributed by atoms with E-state index in [1.807, 2.05) is 26.0 Å². The number of aromatic nitrogens is 2. The average molecular weight is 392 g/mol. The van der Waals surface area contributed by atoms with Gasteiger partial charge in [0.25, 0.3) is 0 Å². The number of hydrogen-bond acceptors (Lipinski definition) is 8. The number of carbonyl (C=O) groups excluding carboxylic acids is 2. The molecule has 2 amide bonds. The zero-order chi connectivity index (χ0) is 19.4. The summed E-state index contributed by atoms with van der Waals surface area (Å²) < 4.78 is 15.5. The summed E-state index contributed by atoms with van der Waals surface area (Å²) in [5.41, 5.74) is 0.816. The predicted molar refractivity (Wildman–Crippen MR) is 98.8 cm³/mol. The molecule has 27 heavy (non-hydrogen) atoms. The zero-order valence-electron chi connectivity index (χ0n) is 15.2. The molecule has 1 aliphatic rings. The fraction of sp³-hybridized carbons (Fsp3) is 0.412. The number of nitrogens with zero attached hydrogens (tertiary/aromatic N) is 3. The van der Waals surface area contributed by atoms with E-state index in [-0.39, 0.29) is 37.8 Å². The van der Waals surface area contributed by atoms with Gasteiger partial charge in [-0.05, 0) is 32.0 Å². The van der Waals surface area contributed by atoms with E-state index in [0.717, 1.165) is 5.56 Å². The van der Waals surface area contributed by atoms with Gasteiger partial charge in [0.15, 0.2) is 11.5 Å². The van der Waals surface area contributed by atoms with Crippen LogP contribution in [0.4, 0.5) is 5.13 Å². The first kappa shape index (κ1) is 19.1. The maximum atomic E-state index is 12.3. The van der Waals surface area contributed by atoms with Gasteiger partial charge in [-0.2, -0.15) is 0 Å². The van der Waals surface area contributed by atoms with Crippen LogP contribution in [0.25, 0.3) is 10.6 Å². The second kappa shape index (κ2) is 8.31. The van der Waals surface area contributed by atoms with Crippen LogP contribution in [0.5, 0.6) is 11.5 Å². The standard InChI is InChI=1S/C17H20N4O5S/c1-10(2)21(15(23)8-24-3)7-14(22)18-17-20-19-16(27-17)11-4-5-12-13(6-11)26-9-25-12/h4-6,10H,7-9H2,1-3H3,(H,18,20,22). The highest BCUT2D eigenvalue weighted by atomic mass is 32.1. The third kappa shape index (κ3) is 4.52. The number of rotatable bonds is 7. The van der Waals surface area contributed by atoms with Gasteiger partial charge in [-0.25, -0.2) is 0 Å². The van der Waals surface area contributed by atoms with Crippen molar-refractivity contribution < 1.29 is 23.8 Å². The highest BCUT2D eigenvalue weighted by molar-refractivity contribution is 7.18. The number of benzene rings is 1. The summed E-state index contributed by atoms with van der Waals surface area (Å²) >= 11 is 1.24. The van der Waals surface area contributed by atoms with Gasteiger partial charge in [-0.1, -0.05) is 11.3 Å². The fourth-order valence-corrected chi connectivity index (χ4v) is 3.25. The van der Waals surface area contributed by atoms with Crippen LogP contribution in [-0.2, 0) is 14.3 Å². The molecule has 0 aliphatic carbocycles. The van der Waals surface area contributed by atoms with Crippen molar-refractivity contribution in [3.63, 3.8) is 0 Å². The molecule has 1 aliphatic heterocycles. The van der Waals surface area contributed by atoms with Gasteiger partial charge in [0.05, 0.1) is 0 Å². The molecule has 0 atom stereocenters. The van der Waals surface area contributed by atoms with Crippen LogP contribution in [0.1, 0.15) is 13.8 Å². The molecular formula is C17H20N4O5S. The molecule has 1 aromatic heterocycles. The Morgan fingerprint density at radius 1 is 1.30 bits per heavy atom. The molecule has 0 spiro atoms. The third-order valence-electron chi connectivity index (χ3n) is 3.82. The number of methoxy groups -OCH3 is 1. The highest BCUT2D eigenvalue weighted by Crippen LogP contribution is 2.37. The lowest BCUT2D eigenvalue weighted by molar-refractivity contribution is -0.139. The van der Waals surface area contributed by atoms with E-state index >= 15 is 0 Å². The maximum Gasteiger partial charge on any atom is 0.249 e. The molecule has 10 heteroatoms. The van der Waals surface area contributed by atoms with Crippen molar-refractivity contribution in [1.29, 1.82) is 0 Å². The second-order valence-corrected chi connectivity index (χ2v) is 7.05. The number of amides is 2. The Bertz CT molecular complexity index is 838. The molecule has 0 bridgehead atoms. The summed E-state index contributed by atoms with van der Waals surface area (Å²) in [6, 6.07) is 5.35. The van der Waals surface area contributed by atoms with E-state index in [1.54, 1.807) is 6.07 Å². The maximum absolute atomic E-state index is 12.3. The van der Waals surface area contributed by atoms with Gasteiger partial charge in [0.2, 0.25) is 23.7 Å². The van der Waals surface area contributed by atoms with E-state index in [1.165, 1.54) is 23.3 Å². The molecular weight excluding hydrogens is 372 g/mol. The molecule has 0 radical (unpaired) electrons. The van der Waals surface area contributed by atoms with Gasteiger partial charge < -0.3 is 19.1 Å². The summed E-state index contributed by atoms with van der Waals surface area (Å²) in [7, 11) is 1.44. The number of nitrogens with one attached hydrogen (secondary N) is 1. The van der Waals surface area contributed by atoms with Crippen LogP contribution in [0, 0.1) is 0 Å². The van der Waals surface area contributed by atoms with E-state index < -0.39 is 0 Å². The smallest absolute Gasteiger partial charge is 0.249 e. The highest BCUT2D eigenvalue weighted by Gasteiger charge is 2.21. The summed E-state index contributed by atoms with van der Waals surface area (Å²) in [5.74, 6) is 0.742. The molecule has 2 heterocycles. The van der Waals surface area contributed by atoms with Crippen LogP contribution in [0.2, 0.25) is 0 Å². The number of hydrogen-bond donors (Lipinski definition) is 1. The van der Waals surface area contributed by atoms with Gasteiger partial charge in [0, 0.05) is 18.7 Å². The molecule has 1 aromatic carbocycles. The number of ether oxygens (including phenoxy) is 3. The topological polar surface area (TPSA) is 103 Å². The Morgan fingerprint density at radius 2 is 2.07 bits per heavy atom.